The molecule has 0 aliphatic carbocycles. The minimum absolute atomic E-state index is 0.00931. The summed E-state index contributed by atoms with van der Waals surface area (Å²) in [6, 6.07) is 5.58. The van der Waals surface area contributed by atoms with Gasteiger partial charge in [-0.25, -0.2) is 0 Å². The summed E-state index contributed by atoms with van der Waals surface area (Å²) in [6.45, 7) is 5.98. The molecule has 144 valence electrons. The Labute approximate surface area is 162 Å². The Hall–Kier alpha value is -2.71. The van der Waals surface area contributed by atoms with Crippen molar-refractivity contribution in [2.75, 3.05) is 30.8 Å². The number of primary amides is 1. The van der Waals surface area contributed by atoms with Crippen LogP contribution in [0, 0.1) is 20.8 Å². The van der Waals surface area contributed by atoms with Gasteiger partial charge in [-0.3, -0.25) is 19.3 Å². The van der Waals surface area contributed by atoms with E-state index in [1.165, 1.54) is 11.3 Å². The molecule has 2 rings (SSSR count). The predicted molar refractivity (Wildman–Crippen MR) is 108 cm³/mol. The van der Waals surface area contributed by atoms with E-state index in [4.69, 9.17) is 5.73 Å². The van der Waals surface area contributed by atoms with Crippen LogP contribution in [0.3, 0.4) is 0 Å². The Morgan fingerprint density at radius 1 is 1.04 bits per heavy atom. The average Bonchev–Trinajstić information content (AvgIpc) is 2.98. The van der Waals surface area contributed by atoms with Gasteiger partial charge in [0.05, 0.1) is 18.7 Å². The van der Waals surface area contributed by atoms with Crippen molar-refractivity contribution in [3.63, 3.8) is 0 Å². The van der Waals surface area contributed by atoms with Crippen molar-refractivity contribution >= 4 is 39.7 Å². The normalized spacial score (nSPS) is 10.7. The van der Waals surface area contributed by atoms with Crippen molar-refractivity contribution in [3.8, 4) is 0 Å². The first kappa shape index (κ1) is 20.6. The molecule has 0 radical (unpaired) electrons. The Bertz CT molecular complexity index is 853. The molecule has 4 N–H and O–H groups in total. The minimum Gasteiger partial charge on any atom is -0.366 e. The molecule has 0 aliphatic heterocycles. The van der Waals surface area contributed by atoms with Crippen molar-refractivity contribution in [1.29, 1.82) is 0 Å². The van der Waals surface area contributed by atoms with Crippen LogP contribution < -0.4 is 16.4 Å². The van der Waals surface area contributed by atoms with Crippen molar-refractivity contribution in [1.82, 2.24) is 4.90 Å². The number of thiophene rings is 1. The molecule has 0 saturated carbocycles. The molecule has 0 spiro atoms. The minimum atomic E-state index is -0.594. The molecule has 1 aromatic carbocycles. The first-order chi connectivity index (χ1) is 12.7. The summed E-state index contributed by atoms with van der Waals surface area (Å²) < 4.78 is 0. The maximum atomic E-state index is 12.3. The van der Waals surface area contributed by atoms with E-state index in [-0.39, 0.29) is 30.5 Å². The maximum Gasteiger partial charge on any atom is 0.251 e. The highest BCUT2D eigenvalue weighted by atomic mass is 32.1. The van der Waals surface area contributed by atoms with Gasteiger partial charge in [-0.05, 0) is 50.4 Å². The Balaban J connectivity index is 1.90. The average molecular weight is 388 g/mol. The molecule has 8 heteroatoms. The Kier molecular flexibility index (Phi) is 6.70. The van der Waals surface area contributed by atoms with Crippen LogP contribution in [0.15, 0.2) is 23.6 Å². The van der Waals surface area contributed by atoms with Gasteiger partial charge < -0.3 is 16.4 Å². The molecule has 0 atom stereocenters. The second kappa shape index (κ2) is 8.79. The Morgan fingerprint density at radius 2 is 1.59 bits per heavy atom. The first-order valence-electron chi connectivity index (χ1n) is 8.40. The molecule has 0 aliphatic rings. The van der Waals surface area contributed by atoms with E-state index in [1.807, 2.05) is 32.9 Å². The van der Waals surface area contributed by atoms with E-state index >= 15 is 0 Å². The second-order valence-corrected chi connectivity index (χ2v) is 7.49. The lowest BCUT2D eigenvalue weighted by Gasteiger charge is -2.18. The van der Waals surface area contributed by atoms with Crippen LogP contribution in [-0.4, -0.2) is 42.8 Å². The molecule has 0 fully saturated rings. The molecule has 7 nitrogen and oxygen atoms in total. The monoisotopic (exact) mass is 388 g/mol. The van der Waals surface area contributed by atoms with Crippen LogP contribution in [-0.2, 0) is 9.59 Å². The van der Waals surface area contributed by atoms with Gasteiger partial charge in [0.25, 0.3) is 5.91 Å². The van der Waals surface area contributed by atoms with E-state index in [9.17, 15) is 14.4 Å². The summed E-state index contributed by atoms with van der Waals surface area (Å²) in [5.74, 6) is -1.12. The number of nitrogens with one attached hydrogen (secondary N) is 2. The first-order valence-corrected chi connectivity index (χ1v) is 9.28. The van der Waals surface area contributed by atoms with Gasteiger partial charge in [0.15, 0.2) is 0 Å². The number of amides is 3. The van der Waals surface area contributed by atoms with Crippen LogP contribution in [0.1, 0.15) is 27.0 Å². The summed E-state index contributed by atoms with van der Waals surface area (Å²) in [5.41, 5.74) is 9.47. The fourth-order valence-electron chi connectivity index (χ4n) is 2.87. The fourth-order valence-corrected chi connectivity index (χ4v) is 3.68. The zero-order valence-electron chi connectivity index (χ0n) is 15.9. The van der Waals surface area contributed by atoms with Crippen molar-refractivity contribution < 1.29 is 14.4 Å². The van der Waals surface area contributed by atoms with Crippen LogP contribution in [0.5, 0.6) is 0 Å². The number of carbonyl (C=O) groups is 3. The molecular formula is C19H24N4O3S. The van der Waals surface area contributed by atoms with Gasteiger partial charge in [0.1, 0.15) is 5.00 Å². The van der Waals surface area contributed by atoms with E-state index in [2.05, 4.69) is 10.6 Å². The lowest BCUT2D eigenvalue weighted by atomic mass is 10.1. The van der Waals surface area contributed by atoms with E-state index in [1.54, 1.807) is 23.4 Å². The lowest BCUT2D eigenvalue weighted by Crippen LogP contribution is -2.36. The fraction of sp³-hybridized carbons (Fsp3) is 0.316. The molecule has 1 heterocycles. The zero-order chi connectivity index (χ0) is 20.1. The predicted octanol–water partition coefficient (Wildman–Crippen LogP) is 2.28. The summed E-state index contributed by atoms with van der Waals surface area (Å²) in [7, 11) is 1.68. The van der Waals surface area contributed by atoms with Gasteiger partial charge in [0, 0.05) is 5.69 Å². The summed E-state index contributed by atoms with van der Waals surface area (Å²) >= 11 is 1.22. The Morgan fingerprint density at radius 3 is 2.15 bits per heavy atom. The second-order valence-electron chi connectivity index (χ2n) is 6.57. The number of aryl methyl sites for hydroxylation is 3. The largest absolute Gasteiger partial charge is 0.366 e. The van der Waals surface area contributed by atoms with Gasteiger partial charge >= 0.3 is 0 Å². The third-order valence-corrected chi connectivity index (χ3v) is 4.78. The van der Waals surface area contributed by atoms with Crippen molar-refractivity contribution in [2.45, 2.75) is 20.8 Å². The number of benzene rings is 1. The highest BCUT2D eigenvalue weighted by Crippen LogP contribution is 2.23. The van der Waals surface area contributed by atoms with Crippen LogP contribution in [0.4, 0.5) is 10.7 Å². The van der Waals surface area contributed by atoms with Gasteiger partial charge in [0.2, 0.25) is 11.8 Å². The van der Waals surface area contributed by atoms with E-state index < -0.39 is 5.91 Å². The van der Waals surface area contributed by atoms with Crippen LogP contribution in [0.25, 0.3) is 0 Å². The third-order valence-electron chi connectivity index (χ3n) is 3.95. The number of hydrogen-bond donors (Lipinski definition) is 3. The molecular weight excluding hydrogens is 364 g/mol. The SMILES string of the molecule is Cc1cc(C)c(NC(=O)CN(C)CC(=O)Nc2sccc2C(N)=O)c(C)c1. The molecule has 27 heavy (non-hydrogen) atoms. The van der Waals surface area contributed by atoms with Crippen molar-refractivity contribution in [3.05, 3.63) is 45.8 Å². The van der Waals surface area contributed by atoms with Crippen molar-refractivity contribution in [2.24, 2.45) is 5.73 Å². The van der Waals surface area contributed by atoms with E-state index in [0.717, 1.165) is 22.4 Å². The summed E-state index contributed by atoms with van der Waals surface area (Å²) in [6.07, 6.45) is 0. The number of anilines is 2. The molecule has 0 unspecified atom stereocenters. The molecule has 0 saturated heterocycles. The van der Waals surface area contributed by atoms with Crippen LogP contribution in [0.2, 0.25) is 0 Å². The molecule has 1 aromatic heterocycles. The number of carbonyl (C=O) groups excluding carboxylic acids is 3. The van der Waals surface area contributed by atoms with E-state index in [0.29, 0.717) is 5.00 Å². The van der Waals surface area contributed by atoms with Gasteiger partial charge in [-0.2, -0.15) is 0 Å². The number of nitrogens with two attached hydrogens (primary N) is 1. The lowest BCUT2D eigenvalue weighted by molar-refractivity contribution is -0.119. The zero-order valence-corrected chi connectivity index (χ0v) is 16.7. The van der Waals surface area contributed by atoms with Gasteiger partial charge in [-0.1, -0.05) is 17.7 Å². The third kappa shape index (κ3) is 5.63. The summed E-state index contributed by atoms with van der Waals surface area (Å²) in [5, 5.41) is 7.66. The smallest absolute Gasteiger partial charge is 0.251 e. The maximum absolute atomic E-state index is 12.3. The number of likely N-dealkylation sites (N-methyl/N-ethyl adjacent to an activating group) is 1. The molecule has 0 bridgehead atoms. The highest BCUT2D eigenvalue weighted by molar-refractivity contribution is 7.14. The highest BCUT2D eigenvalue weighted by Gasteiger charge is 2.16. The topological polar surface area (TPSA) is 105 Å². The number of nitrogens with zero attached hydrogens (tertiary/aromatic N) is 1. The van der Waals surface area contributed by atoms with Crippen LogP contribution >= 0.6 is 11.3 Å². The number of rotatable bonds is 7. The number of hydrogen-bond acceptors (Lipinski definition) is 5. The molecule has 2 aromatic rings. The standard InChI is InChI=1S/C19H24N4O3S/c1-11-7-12(2)17(13(3)8-11)21-15(24)9-23(4)10-16(25)22-19-14(18(20)26)5-6-27-19/h5-8H,9-10H2,1-4H3,(H2,20,26)(H,21,24)(H,22,25). The summed E-state index contributed by atoms with van der Waals surface area (Å²) in [4.78, 5) is 37.4. The molecule has 3 amide bonds. The quantitative estimate of drug-likeness (QED) is 0.677. The van der Waals surface area contributed by atoms with Gasteiger partial charge in [-0.15, -0.1) is 11.3 Å².